The molecule has 6 rings (SSSR count). The summed E-state index contributed by atoms with van der Waals surface area (Å²) in [6, 6.07) is 3.24. The molecular weight excluding hydrogens is 628 g/mol. The molecule has 4 heterocycles. The molecule has 2 aliphatic heterocycles. The number of anilines is 2. The second kappa shape index (κ2) is 10.4. The molecule has 1 aliphatic carbocycles. The maximum Gasteiger partial charge on any atom is 0.329 e. The van der Waals surface area contributed by atoms with Gasteiger partial charge in [0, 0.05) is 37.0 Å². The van der Waals surface area contributed by atoms with Crippen LogP contribution in [0.25, 0.3) is 10.9 Å². The van der Waals surface area contributed by atoms with E-state index in [-0.39, 0.29) is 59.9 Å². The Morgan fingerprint density at radius 1 is 1.12 bits per heavy atom. The van der Waals surface area contributed by atoms with Crippen molar-refractivity contribution in [2.45, 2.75) is 71.1 Å². The highest BCUT2D eigenvalue weighted by atomic mass is 79.9. The highest BCUT2D eigenvalue weighted by Gasteiger charge is 2.64. The SMILES string of the molecule is CC(=O)c1nn(CC(=O)N2[C@H](C(=O)Nc3nc(Br)ccc3C)C[C@@]3(C)C[C@@H]23)c2ccc(NC(=O)N3CCCC3(F)F)cc12. The van der Waals surface area contributed by atoms with Gasteiger partial charge in [0.15, 0.2) is 5.78 Å². The summed E-state index contributed by atoms with van der Waals surface area (Å²) < 4.78 is 30.1. The fraction of sp³-hybridized carbons (Fsp3) is 0.448. The lowest BCUT2D eigenvalue weighted by Gasteiger charge is -2.27. The van der Waals surface area contributed by atoms with Gasteiger partial charge in [-0.2, -0.15) is 13.9 Å². The smallest absolute Gasteiger partial charge is 0.325 e. The standard InChI is InChI=1S/C29H30BrF2N7O4/c1-15-5-8-22(30)34-25(15)35-26(42)20-12-28(3)13-21(28)39(20)23(41)14-38-19-7-6-17(11-18(19)24(36-38)16(2)40)33-27(43)37-10-4-9-29(37,31)32/h5-8,11,20-21H,4,9-10,12-14H2,1-3H3,(H,33,43)(H,34,35,42)/t20-,21+,28-/m0/s1. The monoisotopic (exact) mass is 657 g/mol. The van der Waals surface area contributed by atoms with Crippen LogP contribution in [0.1, 0.15) is 55.6 Å². The number of ketones is 1. The fourth-order valence-corrected chi connectivity index (χ4v) is 6.54. The highest BCUT2D eigenvalue weighted by Crippen LogP contribution is 2.59. The van der Waals surface area contributed by atoms with Gasteiger partial charge in [0.1, 0.15) is 28.7 Å². The Labute approximate surface area is 254 Å². The topological polar surface area (TPSA) is 130 Å². The number of piperidine rings is 1. The molecule has 3 atom stereocenters. The molecule has 3 aromatic rings. The number of urea groups is 1. The van der Waals surface area contributed by atoms with Crippen LogP contribution in [-0.2, 0) is 16.1 Å². The summed E-state index contributed by atoms with van der Waals surface area (Å²) >= 11 is 3.32. The number of alkyl halides is 2. The predicted octanol–water partition coefficient (Wildman–Crippen LogP) is 4.94. The van der Waals surface area contributed by atoms with Crippen molar-refractivity contribution in [2.75, 3.05) is 17.2 Å². The van der Waals surface area contributed by atoms with Crippen LogP contribution in [0.4, 0.5) is 25.1 Å². The molecule has 2 saturated heterocycles. The molecule has 0 radical (unpaired) electrons. The highest BCUT2D eigenvalue weighted by molar-refractivity contribution is 9.10. The number of rotatable bonds is 6. The molecule has 1 aromatic carbocycles. The van der Waals surface area contributed by atoms with Crippen molar-refractivity contribution in [1.82, 2.24) is 24.6 Å². The summed E-state index contributed by atoms with van der Waals surface area (Å²) in [6.45, 7) is 4.94. The third-order valence-corrected chi connectivity index (χ3v) is 9.09. The molecule has 2 aromatic heterocycles. The zero-order chi connectivity index (χ0) is 30.8. The number of Topliss-reactive ketones (excluding diaryl/α,β-unsaturated/α-hetero) is 1. The van der Waals surface area contributed by atoms with Crippen LogP contribution in [-0.4, -0.2) is 72.9 Å². The second-order valence-corrected chi connectivity index (χ2v) is 12.6. The van der Waals surface area contributed by atoms with E-state index in [9.17, 15) is 28.0 Å². The molecule has 1 saturated carbocycles. The first kappa shape index (κ1) is 29.1. The fourth-order valence-electron chi connectivity index (χ4n) is 6.23. The molecule has 3 fully saturated rings. The van der Waals surface area contributed by atoms with Crippen LogP contribution in [0, 0.1) is 12.3 Å². The Bertz CT molecular complexity index is 1690. The molecule has 2 N–H and O–H groups in total. The van der Waals surface area contributed by atoms with Crippen molar-refractivity contribution < 1.29 is 28.0 Å². The normalized spacial score (nSPS) is 23.8. The van der Waals surface area contributed by atoms with E-state index >= 15 is 0 Å². The maximum absolute atomic E-state index is 14.1. The third-order valence-electron chi connectivity index (χ3n) is 8.65. The molecule has 11 nitrogen and oxygen atoms in total. The van der Waals surface area contributed by atoms with Gasteiger partial charge in [-0.3, -0.25) is 24.0 Å². The Balaban J connectivity index is 1.24. The number of carbonyl (C=O) groups is 4. The van der Waals surface area contributed by atoms with E-state index in [4.69, 9.17) is 0 Å². The summed E-state index contributed by atoms with van der Waals surface area (Å²) in [5.74, 6) is -0.596. The number of aryl methyl sites for hydroxylation is 1. The Hall–Kier alpha value is -3.94. The number of nitrogens with one attached hydrogen (secondary N) is 2. The van der Waals surface area contributed by atoms with Gasteiger partial charge >= 0.3 is 12.1 Å². The number of nitrogens with zero attached hydrogens (tertiary/aromatic N) is 5. The van der Waals surface area contributed by atoms with Crippen LogP contribution < -0.4 is 10.6 Å². The Kier molecular flexibility index (Phi) is 7.02. The molecule has 226 valence electrons. The van der Waals surface area contributed by atoms with E-state index in [2.05, 4.69) is 43.6 Å². The van der Waals surface area contributed by atoms with Crippen molar-refractivity contribution in [1.29, 1.82) is 0 Å². The molecule has 14 heteroatoms. The number of aromatic nitrogens is 3. The number of amides is 4. The number of pyridine rings is 1. The molecule has 0 bridgehead atoms. The zero-order valence-corrected chi connectivity index (χ0v) is 25.4. The summed E-state index contributed by atoms with van der Waals surface area (Å²) in [4.78, 5) is 58.7. The largest absolute Gasteiger partial charge is 0.329 e. The Morgan fingerprint density at radius 2 is 1.88 bits per heavy atom. The van der Waals surface area contributed by atoms with Crippen LogP contribution in [0.3, 0.4) is 0 Å². The van der Waals surface area contributed by atoms with Crippen molar-refractivity contribution in [3.8, 4) is 0 Å². The van der Waals surface area contributed by atoms with Gasteiger partial charge in [-0.25, -0.2) is 9.78 Å². The minimum atomic E-state index is -3.22. The second-order valence-electron chi connectivity index (χ2n) is 11.8. The van der Waals surface area contributed by atoms with Crippen LogP contribution in [0.5, 0.6) is 0 Å². The number of halogens is 3. The summed E-state index contributed by atoms with van der Waals surface area (Å²) in [6.07, 6.45) is 1.11. The minimum Gasteiger partial charge on any atom is -0.325 e. The first-order valence-corrected chi connectivity index (χ1v) is 14.8. The molecule has 4 amide bonds. The van der Waals surface area contributed by atoms with Crippen molar-refractivity contribution >= 4 is 62.0 Å². The predicted molar refractivity (Wildman–Crippen MR) is 157 cm³/mol. The average Bonchev–Trinajstić information content (AvgIpc) is 3.19. The number of fused-ring (bicyclic) bond motifs is 2. The molecule has 0 unspecified atom stereocenters. The van der Waals surface area contributed by atoms with Crippen LogP contribution >= 0.6 is 15.9 Å². The van der Waals surface area contributed by atoms with E-state index in [0.717, 1.165) is 12.0 Å². The number of carbonyl (C=O) groups excluding carboxylic acids is 4. The summed E-state index contributed by atoms with van der Waals surface area (Å²) in [7, 11) is 0. The average molecular weight is 659 g/mol. The van der Waals surface area contributed by atoms with E-state index in [0.29, 0.717) is 32.6 Å². The van der Waals surface area contributed by atoms with E-state index in [1.54, 1.807) is 17.0 Å². The maximum atomic E-state index is 14.1. The number of hydrogen-bond donors (Lipinski definition) is 2. The van der Waals surface area contributed by atoms with Crippen molar-refractivity contribution in [2.24, 2.45) is 5.41 Å². The zero-order valence-electron chi connectivity index (χ0n) is 23.8. The Morgan fingerprint density at radius 3 is 2.58 bits per heavy atom. The van der Waals surface area contributed by atoms with Crippen molar-refractivity contribution in [3.63, 3.8) is 0 Å². The first-order valence-electron chi connectivity index (χ1n) is 14.0. The number of likely N-dealkylation sites (tertiary alicyclic amines) is 2. The van der Waals surface area contributed by atoms with E-state index in [1.165, 1.54) is 23.7 Å². The lowest BCUT2D eigenvalue weighted by atomic mass is 10.0. The molecular formula is C29H30BrF2N7O4. The lowest BCUT2D eigenvalue weighted by Crippen LogP contribution is -2.47. The minimum absolute atomic E-state index is 0.0611. The number of benzene rings is 1. The van der Waals surface area contributed by atoms with E-state index < -0.39 is 24.5 Å². The first-order chi connectivity index (χ1) is 20.3. The van der Waals surface area contributed by atoms with Gasteiger partial charge in [-0.15, -0.1) is 0 Å². The van der Waals surface area contributed by atoms with Gasteiger partial charge in [-0.05, 0) is 77.4 Å². The quantitative estimate of drug-likeness (QED) is 0.219. The number of hydrogen-bond acceptors (Lipinski definition) is 6. The van der Waals surface area contributed by atoms with Gasteiger partial charge in [0.05, 0.1) is 5.52 Å². The summed E-state index contributed by atoms with van der Waals surface area (Å²) in [5, 5.41) is 10.1. The third kappa shape index (κ3) is 5.25. The molecule has 3 aliphatic rings. The lowest BCUT2D eigenvalue weighted by molar-refractivity contribution is -0.138. The van der Waals surface area contributed by atoms with Crippen LogP contribution in [0.15, 0.2) is 34.9 Å². The summed E-state index contributed by atoms with van der Waals surface area (Å²) in [5.41, 5.74) is 1.38. The van der Waals surface area contributed by atoms with Gasteiger partial charge in [-0.1, -0.05) is 13.0 Å². The molecule has 0 spiro atoms. The van der Waals surface area contributed by atoms with E-state index in [1.807, 2.05) is 13.0 Å². The van der Waals surface area contributed by atoms with Gasteiger partial charge in [0.2, 0.25) is 11.8 Å². The van der Waals surface area contributed by atoms with Gasteiger partial charge < -0.3 is 15.5 Å². The van der Waals surface area contributed by atoms with Gasteiger partial charge in [0.25, 0.3) is 0 Å². The molecule has 43 heavy (non-hydrogen) atoms. The van der Waals surface area contributed by atoms with Crippen LogP contribution in [0.2, 0.25) is 0 Å². The van der Waals surface area contributed by atoms with Crippen molar-refractivity contribution in [3.05, 3.63) is 46.2 Å².